The van der Waals surface area contributed by atoms with Crippen molar-refractivity contribution in [2.45, 2.75) is 26.1 Å². The maximum atomic E-state index is 13.2. The standard InChI is InChI=1S/C19H20BrClF3NO/c1-12-4-5-14(10-17(12)20)13(2)25(8-9-26-3)15-6-7-18(21)16(11-15)19(22,23)24/h4-7,10-11,13H,8-9H2,1-3H3. The van der Waals surface area contributed by atoms with Gasteiger partial charge in [-0.15, -0.1) is 0 Å². The smallest absolute Gasteiger partial charge is 0.383 e. The van der Waals surface area contributed by atoms with Gasteiger partial charge in [0, 0.05) is 23.8 Å². The first kappa shape index (κ1) is 21.1. The van der Waals surface area contributed by atoms with Crippen molar-refractivity contribution in [2.75, 3.05) is 25.2 Å². The third-order valence-electron chi connectivity index (χ3n) is 4.27. The van der Waals surface area contributed by atoms with Crippen LogP contribution in [-0.4, -0.2) is 20.3 Å². The van der Waals surface area contributed by atoms with Gasteiger partial charge in [0.1, 0.15) is 0 Å². The molecule has 0 amide bonds. The topological polar surface area (TPSA) is 12.5 Å². The van der Waals surface area contributed by atoms with Crippen molar-refractivity contribution in [3.05, 3.63) is 62.6 Å². The van der Waals surface area contributed by atoms with E-state index in [0.717, 1.165) is 21.7 Å². The van der Waals surface area contributed by atoms with Crippen molar-refractivity contribution in [1.29, 1.82) is 0 Å². The van der Waals surface area contributed by atoms with Gasteiger partial charge >= 0.3 is 6.18 Å². The number of nitrogens with zero attached hydrogens (tertiary/aromatic N) is 1. The Morgan fingerprint density at radius 1 is 1.19 bits per heavy atom. The van der Waals surface area contributed by atoms with Crippen molar-refractivity contribution in [2.24, 2.45) is 0 Å². The minimum Gasteiger partial charge on any atom is -0.383 e. The molecule has 0 saturated heterocycles. The van der Waals surface area contributed by atoms with Gasteiger partial charge in [-0.25, -0.2) is 0 Å². The fraction of sp³-hybridized carbons (Fsp3) is 0.368. The Kier molecular flexibility index (Phi) is 6.99. The first-order chi connectivity index (χ1) is 12.1. The monoisotopic (exact) mass is 449 g/mol. The van der Waals surface area contributed by atoms with Gasteiger partial charge in [-0.1, -0.05) is 39.7 Å². The Morgan fingerprint density at radius 3 is 2.46 bits per heavy atom. The molecule has 2 aromatic carbocycles. The maximum absolute atomic E-state index is 13.2. The number of methoxy groups -OCH3 is 1. The molecule has 2 aromatic rings. The fourth-order valence-corrected chi connectivity index (χ4v) is 3.32. The molecule has 0 aliphatic rings. The number of anilines is 1. The minimum atomic E-state index is -4.50. The van der Waals surface area contributed by atoms with E-state index in [-0.39, 0.29) is 11.1 Å². The highest BCUT2D eigenvalue weighted by atomic mass is 79.9. The van der Waals surface area contributed by atoms with E-state index in [1.807, 2.05) is 36.9 Å². The quantitative estimate of drug-likeness (QED) is 0.489. The summed E-state index contributed by atoms with van der Waals surface area (Å²) in [4.78, 5) is 1.88. The first-order valence-electron chi connectivity index (χ1n) is 8.03. The minimum absolute atomic E-state index is 0.149. The summed E-state index contributed by atoms with van der Waals surface area (Å²) in [5, 5.41) is -0.307. The third kappa shape index (κ3) is 4.93. The number of alkyl halides is 3. The average molecular weight is 451 g/mol. The Labute approximate surface area is 165 Å². The Morgan fingerprint density at radius 2 is 1.88 bits per heavy atom. The van der Waals surface area contributed by atoms with Gasteiger partial charge in [0.2, 0.25) is 0 Å². The second kappa shape index (κ2) is 8.63. The van der Waals surface area contributed by atoms with Crippen LogP contribution in [0.25, 0.3) is 0 Å². The summed E-state index contributed by atoms with van der Waals surface area (Å²) in [5.74, 6) is 0. The molecule has 2 nitrogen and oxygen atoms in total. The summed E-state index contributed by atoms with van der Waals surface area (Å²) in [5.41, 5.74) is 1.69. The molecule has 0 aromatic heterocycles. The summed E-state index contributed by atoms with van der Waals surface area (Å²) in [6.07, 6.45) is -4.50. The van der Waals surface area contributed by atoms with Crippen LogP contribution in [0, 0.1) is 6.92 Å². The van der Waals surface area contributed by atoms with E-state index in [9.17, 15) is 13.2 Å². The average Bonchev–Trinajstić information content (AvgIpc) is 2.57. The molecule has 0 bridgehead atoms. The van der Waals surface area contributed by atoms with E-state index in [2.05, 4.69) is 15.9 Å². The molecule has 26 heavy (non-hydrogen) atoms. The molecule has 0 aliphatic heterocycles. The number of ether oxygens (including phenoxy) is 1. The number of aryl methyl sites for hydroxylation is 1. The van der Waals surface area contributed by atoms with Gasteiger partial charge in [-0.05, 0) is 49.2 Å². The van der Waals surface area contributed by atoms with E-state index >= 15 is 0 Å². The fourth-order valence-electron chi connectivity index (χ4n) is 2.69. The van der Waals surface area contributed by atoms with Gasteiger partial charge in [0.05, 0.1) is 23.2 Å². The molecule has 0 aliphatic carbocycles. The molecule has 0 spiro atoms. The molecule has 0 saturated carbocycles. The van der Waals surface area contributed by atoms with Gasteiger partial charge in [0.25, 0.3) is 0 Å². The van der Waals surface area contributed by atoms with Crippen LogP contribution in [-0.2, 0) is 10.9 Å². The van der Waals surface area contributed by atoms with Crippen LogP contribution in [0.4, 0.5) is 18.9 Å². The molecule has 0 N–H and O–H groups in total. The first-order valence-corrected chi connectivity index (χ1v) is 9.20. The zero-order valence-electron chi connectivity index (χ0n) is 14.7. The highest BCUT2D eigenvalue weighted by Crippen LogP contribution is 2.38. The van der Waals surface area contributed by atoms with Crippen LogP contribution in [0.2, 0.25) is 5.02 Å². The van der Waals surface area contributed by atoms with E-state index in [4.69, 9.17) is 16.3 Å². The molecule has 0 radical (unpaired) electrons. The largest absolute Gasteiger partial charge is 0.417 e. The number of benzene rings is 2. The lowest BCUT2D eigenvalue weighted by atomic mass is 10.0. The SMILES string of the molecule is COCCN(c1ccc(Cl)c(C(F)(F)F)c1)C(C)c1ccc(C)c(Br)c1. The van der Waals surface area contributed by atoms with Gasteiger partial charge in [-0.2, -0.15) is 13.2 Å². The van der Waals surface area contributed by atoms with Crippen molar-refractivity contribution >= 4 is 33.2 Å². The normalized spacial score (nSPS) is 12.9. The number of halogens is 5. The van der Waals surface area contributed by atoms with Crippen LogP contribution in [0.1, 0.15) is 29.7 Å². The van der Waals surface area contributed by atoms with E-state index < -0.39 is 11.7 Å². The lowest BCUT2D eigenvalue weighted by Gasteiger charge is -2.32. The highest BCUT2D eigenvalue weighted by molar-refractivity contribution is 9.10. The molecule has 7 heteroatoms. The van der Waals surface area contributed by atoms with Gasteiger partial charge in [0.15, 0.2) is 0 Å². The Hall–Kier alpha value is -1.24. The number of rotatable bonds is 6. The number of hydrogen-bond acceptors (Lipinski definition) is 2. The number of hydrogen-bond donors (Lipinski definition) is 0. The summed E-state index contributed by atoms with van der Waals surface area (Å²) in [6, 6.07) is 9.78. The lowest BCUT2D eigenvalue weighted by molar-refractivity contribution is -0.137. The lowest BCUT2D eigenvalue weighted by Crippen LogP contribution is -2.30. The molecule has 2 rings (SSSR count). The zero-order valence-corrected chi connectivity index (χ0v) is 17.0. The van der Waals surface area contributed by atoms with Crippen molar-refractivity contribution in [3.8, 4) is 0 Å². The summed E-state index contributed by atoms with van der Waals surface area (Å²) in [6.45, 7) is 4.77. The van der Waals surface area contributed by atoms with E-state index in [1.165, 1.54) is 6.07 Å². The van der Waals surface area contributed by atoms with Crippen LogP contribution >= 0.6 is 27.5 Å². The second-order valence-electron chi connectivity index (χ2n) is 6.03. The van der Waals surface area contributed by atoms with Crippen molar-refractivity contribution in [3.63, 3.8) is 0 Å². The zero-order chi connectivity index (χ0) is 19.5. The van der Waals surface area contributed by atoms with E-state index in [1.54, 1.807) is 13.2 Å². The highest BCUT2D eigenvalue weighted by Gasteiger charge is 2.34. The van der Waals surface area contributed by atoms with Crippen LogP contribution in [0.3, 0.4) is 0 Å². The predicted octanol–water partition coefficient (Wildman–Crippen LogP) is 6.64. The molecule has 0 fully saturated rings. The Bertz CT molecular complexity index is 767. The van der Waals surface area contributed by atoms with Gasteiger partial charge < -0.3 is 9.64 Å². The molecule has 142 valence electrons. The van der Waals surface area contributed by atoms with Crippen LogP contribution in [0.5, 0.6) is 0 Å². The third-order valence-corrected chi connectivity index (χ3v) is 5.45. The second-order valence-corrected chi connectivity index (χ2v) is 7.29. The van der Waals surface area contributed by atoms with Crippen molar-refractivity contribution in [1.82, 2.24) is 0 Å². The summed E-state index contributed by atoms with van der Waals surface area (Å²) >= 11 is 9.27. The van der Waals surface area contributed by atoms with Crippen LogP contribution in [0.15, 0.2) is 40.9 Å². The van der Waals surface area contributed by atoms with Gasteiger partial charge in [-0.3, -0.25) is 0 Å². The summed E-state index contributed by atoms with van der Waals surface area (Å²) < 4.78 is 45.8. The molecular formula is C19H20BrClF3NO. The van der Waals surface area contributed by atoms with Crippen molar-refractivity contribution < 1.29 is 17.9 Å². The molecule has 1 atom stereocenters. The van der Waals surface area contributed by atoms with Crippen LogP contribution < -0.4 is 4.90 Å². The summed E-state index contributed by atoms with van der Waals surface area (Å²) in [7, 11) is 1.56. The molecule has 1 unspecified atom stereocenters. The molecule has 0 heterocycles. The maximum Gasteiger partial charge on any atom is 0.417 e. The Balaban J connectivity index is 2.45. The predicted molar refractivity (Wildman–Crippen MR) is 103 cm³/mol. The molecular weight excluding hydrogens is 431 g/mol. The van der Waals surface area contributed by atoms with E-state index in [0.29, 0.717) is 18.8 Å².